The summed E-state index contributed by atoms with van der Waals surface area (Å²) >= 11 is 1.98. The van der Waals surface area contributed by atoms with Crippen LogP contribution < -0.4 is 5.32 Å². The second kappa shape index (κ2) is 1.51. The minimum atomic E-state index is 0.675. The van der Waals surface area contributed by atoms with Gasteiger partial charge in [-0.2, -0.15) is 0 Å². The fourth-order valence-electron chi connectivity index (χ4n) is 1.41. The number of anilines is 1. The van der Waals surface area contributed by atoms with Gasteiger partial charge in [-0.15, -0.1) is 11.8 Å². The maximum atomic E-state index is 3.40. The summed E-state index contributed by atoms with van der Waals surface area (Å²) in [6, 6.07) is 9.40. The van der Waals surface area contributed by atoms with Crippen molar-refractivity contribution < 1.29 is 0 Å². The molecule has 0 spiro atoms. The first kappa shape index (κ1) is 5.08. The minimum Gasteiger partial charge on any atom is -0.372 e. The molecule has 49 valence electrons. The molecule has 1 N–H and O–H groups in total. The Hall–Kier alpha value is -0.630. The van der Waals surface area contributed by atoms with Crippen molar-refractivity contribution in [3.05, 3.63) is 29.8 Å². The highest BCUT2D eigenvalue weighted by Crippen LogP contribution is 2.61. The van der Waals surface area contributed by atoms with Crippen molar-refractivity contribution in [2.45, 2.75) is 10.6 Å². The van der Waals surface area contributed by atoms with Crippen LogP contribution >= 0.6 is 11.8 Å². The van der Waals surface area contributed by atoms with E-state index in [4.69, 9.17) is 0 Å². The molecule has 2 heterocycles. The summed E-state index contributed by atoms with van der Waals surface area (Å²) in [6.45, 7) is 0. The topological polar surface area (TPSA) is 12.0 Å². The van der Waals surface area contributed by atoms with Gasteiger partial charge in [-0.05, 0) is 17.7 Å². The number of nitrogens with one attached hydrogen (secondary N) is 1. The molecular formula is C8H6NS. The second-order valence-electron chi connectivity index (χ2n) is 2.62. The van der Waals surface area contributed by atoms with Crippen LogP contribution in [0.5, 0.6) is 0 Å². The summed E-state index contributed by atoms with van der Waals surface area (Å²) in [5.74, 6) is 0. The molecule has 2 atom stereocenters. The van der Waals surface area contributed by atoms with Gasteiger partial charge in [-0.3, -0.25) is 0 Å². The third-order valence-electron chi connectivity index (χ3n) is 1.96. The lowest BCUT2D eigenvalue weighted by Crippen LogP contribution is -1.93. The fourth-order valence-corrected chi connectivity index (χ4v) is 2.36. The van der Waals surface area contributed by atoms with E-state index >= 15 is 0 Å². The smallest absolute Gasteiger partial charge is 0.0892 e. The zero-order valence-corrected chi connectivity index (χ0v) is 6.11. The SMILES string of the molecule is [c]1cccc2c1C1SC1N2. The maximum absolute atomic E-state index is 3.40. The number of thioether (sulfide) groups is 1. The van der Waals surface area contributed by atoms with Crippen LogP contribution in [0.1, 0.15) is 10.8 Å². The van der Waals surface area contributed by atoms with Crippen LogP contribution in [-0.4, -0.2) is 5.37 Å². The standard InChI is InChI=1S/C8H6NS/c1-2-4-6-5(3-1)7-8(9-6)10-7/h1-2,4,7-9H. The van der Waals surface area contributed by atoms with E-state index in [0.717, 1.165) is 5.25 Å². The number of hydrogen-bond donors (Lipinski definition) is 1. The molecule has 2 aliphatic heterocycles. The molecule has 1 aromatic rings. The van der Waals surface area contributed by atoms with Crippen molar-refractivity contribution in [1.82, 2.24) is 0 Å². The lowest BCUT2D eigenvalue weighted by atomic mass is 10.2. The quantitative estimate of drug-likeness (QED) is 0.565. The van der Waals surface area contributed by atoms with E-state index in [1.54, 1.807) is 0 Å². The van der Waals surface area contributed by atoms with E-state index in [1.807, 2.05) is 23.9 Å². The van der Waals surface area contributed by atoms with Crippen LogP contribution in [0.3, 0.4) is 0 Å². The molecule has 2 aliphatic rings. The van der Waals surface area contributed by atoms with Crippen molar-refractivity contribution in [3.8, 4) is 0 Å². The summed E-state index contributed by atoms with van der Waals surface area (Å²) in [5.41, 5.74) is 2.66. The summed E-state index contributed by atoms with van der Waals surface area (Å²) in [6.07, 6.45) is 0. The van der Waals surface area contributed by atoms with Crippen LogP contribution in [0.2, 0.25) is 0 Å². The van der Waals surface area contributed by atoms with E-state index in [-0.39, 0.29) is 0 Å². The molecule has 2 unspecified atom stereocenters. The molecule has 1 radical (unpaired) electrons. The van der Waals surface area contributed by atoms with Gasteiger partial charge in [0.05, 0.1) is 10.6 Å². The van der Waals surface area contributed by atoms with Gasteiger partial charge < -0.3 is 5.32 Å². The van der Waals surface area contributed by atoms with Gasteiger partial charge in [0.15, 0.2) is 0 Å². The lowest BCUT2D eigenvalue weighted by molar-refractivity contribution is 1.13. The summed E-state index contributed by atoms with van der Waals surface area (Å²) in [4.78, 5) is 0. The number of hydrogen-bond acceptors (Lipinski definition) is 2. The summed E-state index contributed by atoms with van der Waals surface area (Å²) in [5, 5.41) is 4.80. The molecule has 0 bridgehead atoms. The van der Waals surface area contributed by atoms with E-state index in [9.17, 15) is 0 Å². The third kappa shape index (κ3) is 0.504. The molecule has 1 nitrogen and oxygen atoms in total. The zero-order chi connectivity index (χ0) is 6.55. The Bertz CT molecular complexity index is 284. The van der Waals surface area contributed by atoms with Gasteiger partial charge in [0, 0.05) is 5.69 Å². The molecule has 0 amide bonds. The molecule has 0 saturated carbocycles. The molecule has 10 heavy (non-hydrogen) atoms. The summed E-state index contributed by atoms with van der Waals surface area (Å²) < 4.78 is 0. The normalized spacial score (nSPS) is 32.4. The van der Waals surface area contributed by atoms with Gasteiger partial charge in [0.1, 0.15) is 0 Å². The highest BCUT2D eigenvalue weighted by molar-refractivity contribution is 8.07. The van der Waals surface area contributed by atoms with Gasteiger partial charge >= 0.3 is 0 Å². The van der Waals surface area contributed by atoms with Crippen molar-refractivity contribution in [2.24, 2.45) is 0 Å². The van der Waals surface area contributed by atoms with Crippen LogP contribution in [0.4, 0.5) is 5.69 Å². The van der Waals surface area contributed by atoms with E-state index < -0.39 is 0 Å². The average molecular weight is 148 g/mol. The van der Waals surface area contributed by atoms with Crippen LogP contribution in [0.15, 0.2) is 18.2 Å². The lowest BCUT2D eigenvalue weighted by Gasteiger charge is -1.99. The molecule has 2 heteroatoms. The largest absolute Gasteiger partial charge is 0.372 e. The minimum absolute atomic E-state index is 0.675. The number of fused-ring (bicyclic) bond motifs is 3. The van der Waals surface area contributed by atoms with Crippen molar-refractivity contribution in [1.29, 1.82) is 0 Å². The third-order valence-corrected chi connectivity index (χ3v) is 3.13. The van der Waals surface area contributed by atoms with Crippen molar-refractivity contribution >= 4 is 17.4 Å². The molecule has 1 aromatic carbocycles. The predicted octanol–water partition coefficient (Wildman–Crippen LogP) is 2.03. The fraction of sp³-hybridized carbons (Fsp3) is 0.250. The molecule has 0 aliphatic carbocycles. The Balaban J connectivity index is 2.22. The Morgan fingerprint density at radius 2 is 2.60 bits per heavy atom. The first-order valence-electron chi connectivity index (χ1n) is 3.38. The van der Waals surface area contributed by atoms with Gasteiger partial charge in [0.25, 0.3) is 0 Å². The Morgan fingerprint density at radius 1 is 1.60 bits per heavy atom. The zero-order valence-electron chi connectivity index (χ0n) is 5.29. The van der Waals surface area contributed by atoms with Gasteiger partial charge in [0.2, 0.25) is 0 Å². The van der Waals surface area contributed by atoms with E-state index in [2.05, 4.69) is 17.4 Å². The Morgan fingerprint density at radius 3 is 3.50 bits per heavy atom. The predicted molar refractivity (Wildman–Crippen MR) is 43.0 cm³/mol. The summed E-state index contributed by atoms with van der Waals surface area (Å²) in [7, 11) is 0. The first-order chi connectivity index (χ1) is 4.95. The first-order valence-corrected chi connectivity index (χ1v) is 4.32. The van der Waals surface area contributed by atoms with Gasteiger partial charge in [-0.25, -0.2) is 0 Å². The van der Waals surface area contributed by atoms with E-state index in [1.165, 1.54) is 11.3 Å². The molecule has 3 rings (SSSR count). The highest BCUT2D eigenvalue weighted by atomic mass is 32.2. The van der Waals surface area contributed by atoms with E-state index in [0.29, 0.717) is 5.37 Å². The van der Waals surface area contributed by atoms with Gasteiger partial charge in [-0.1, -0.05) is 12.1 Å². The second-order valence-corrected chi connectivity index (χ2v) is 3.91. The number of benzene rings is 1. The average Bonchev–Trinajstić information content (AvgIpc) is 2.64. The molecule has 0 aromatic heterocycles. The molecule has 1 fully saturated rings. The van der Waals surface area contributed by atoms with Crippen LogP contribution in [-0.2, 0) is 0 Å². The van der Waals surface area contributed by atoms with Crippen molar-refractivity contribution in [2.75, 3.05) is 5.32 Å². The van der Waals surface area contributed by atoms with Crippen molar-refractivity contribution in [3.63, 3.8) is 0 Å². The maximum Gasteiger partial charge on any atom is 0.0892 e. The van der Waals surface area contributed by atoms with Crippen LogP contribution in [0, 0.1) is 6.07 Å². The Kier molecular flexibility index (Phi) is 0.765. The molecule has 1 saturated heterocycles. The monoisotopic (exact) mass is 148 g/mol. The van der Waals surface area contributed by atoms with Crippen LogP contribution in [0.25, 0.3) is 0 Å². The number of rotatable bonds is 0. The molecular weight excluding hydrogens is 142 g/mol. The Labute approximate surface area is 63.8 Å². The highest BCUT2D eigenvalue weighted by Gasteiger charge is 2.46.